The van der Waals surface area contributed by atoms with E-state index in [1.54, 1.807) is 24.3 Å². The molecule has 2 rings (SSSR count). The highest BCUT2D eigenvalue weighted by Gasteiger charge is 2.12. The Labute approximate surface area is 125 Å². The summed E-state index contributed by atoms with van der Waals surface area (Å²) in [5.41, 5.74) is 0.396. The third-order valence-corrected chi connectivity index (χ3v) is 3.16. The predicted molar refractivity (Wildman–Crippen MR) is 77.1 cm³/mol. The number of amides is 1. The number of aromatic carboxylic acids is 1. The quantitative estimate of drug-likeness (QED) is 0.910. The Bertz CT molecular complexity index is 703. The maximum absolute atomic E-state index is 13.5. The van der Waals surface area contributed by atoms with Crippen LogP contribution < -0.4 is 5.32 Å². The molecule has 0 unspecified atom stereocenters. The summed E-state index contributed by atoms with van der Waals surface area (Å²) in [5, 5.41) is 11.7. The minimum absolute atomic E-state index is 0.0436. The van der Waals surface area contributed by atoms with Crippen LogP contribution in [-0.2, 0) is 11.2 Å². The lowest BCUT2D eigenvalue weighted by atomic mass is 10.1. The van der Waals surface area contributed by atoms with Crippen molar-refractivity contribution >= 4 is 29.2 Å². The number of hydrogen-bond acceptors (Lipinski definition) is 2. The number of carboxylic acids is 1. The van der Waals surface area contributed by atoms with Crippen LogP contribution in [0, 0.1) is 5.82 Å². The minimum atomic E-state index is -1.36. The van der Waals surface area contributed by atoms with Crippen molar-refractivity contribution in [3.63, 3.8) is 0 Å². The lowest BCUT2D eigenvalue weighted by Crippen LogP contribution is -2.15. The van der Waals surface area contributed by atoms with Gasteiger partial charge >= 0.3 is 5.97 Å². The van der Waals surface area contributed by atoms with E-state index in [0.29, 0.717) is 10.6 Å². The molecule has 6 heteroatoms. The van der Waals surface area contributed by atoms with Gasteiger partial charge in [0.1, 0.15) is 5.82 Å². The molecule has 2 N–H and O–H groups in total. The summed E-state index contributed by atoms with van der Waals surface area (Å²) in [6.07, 6.45) is 0.0436. The SMILES string of the molecule is O=C(Cc1ccccc1Cl)Nc1ccc(C(=O)O)c(F)c1. The van der Waals surface area contributed by atoms with Gasteiger partial charge in [-0.05, 0) is 29.8 Å². The molecule has 0 aliphatic rings. The zero-order valence-electron chi connectivity index (χ0n) is 10.8. The van der Waals surface area contributed by atoms with Crippen molar-refractivity contribution in [1.29, 1.82) is 0 Å². The summed E-state index contributed by atoms with van der Waals surface area (Å²) < 4.78 is 13.5. The lowest BCUT2D eigenvalue weighted by molar-refractivity contribution is -0.115. The van der Waals surface area contributed by atoms with Gasteiger partial charge in [-0.25, -0.2) is 9.18 Å². The Balaban J connectivity index is 2.08. The van der Waals surface area contributed by atoms with E-state index in [2.05, 4.69) is 5.32 Å². The summed E-state index contributed by atoms with van der Waals surface area (Å²) in [5.74, 6) is -2.63. The van der Waals surface area contributed by atoms with Crippen LogP contribution in [0.5, 0.6) is 0 Å². The number of hydrogen-bond donors (Lipinski definition) is 2. The molecule has 0 aliphatic carbocycles. The Morgan fingerprint density at radius 1 is 1.19 bits per heavy atom. The molecular formula is C15H11ClFNO3. The molecule has 0 fully saturated rings. The van der Waals surface area contributed by atoms with Gasteiger partial charge in [0.05, 0.1) is 12.0 Å². The van der Waals surface area contributed by atoms with Gasteiger partial charge in [-0.2, -0.15) is 0 Å². The highest BCUT2D eigenvalue weighted by molar-refractivity contribution is 6.31. The van der Waals surface area contributed by atoms with E-state index in [1.807, 2.05) is 0 Å². The van der Waals surface area contributed by atoms with E-state index in [1.165, 1.54) is 6.07 Å². The number of benzene rings is 2. The average molecular weight is 308 g/mol. The summed E-state index contributed by atoms with van der Waals surface area (Å²) in [6, 6.07) is 10.3. The van der Waals surface area contributed by atoms with Crippen LogP contribution in [0.2, 0.25) is 5.02 Å². The third kappa shape index (κ3) is 3.79. The van der Waals surface area contributed by atoms with Crippen molar-refractivity contribution in [1.82, 2.24) is 0 Å². The number of rotatable bonds is 4. The zero-order valence-corrected chi connectivity index (χ0v) is 11.5. The summed E-state index contributed by atoms with van der Waals surface area (Å²) >= 11 is 5.95. The molecule has 0 atom stereocenters. The van der Waals surface area contributed by atoms with Crippen molar-refractivity contribution < 1.29 is 19.1 Å². The molecule has 1 amide bonds. The van der Waals surface area contributed by atoms with E-state index in [9.17, 15) is 14.0 Å². The minimum Gasteiger partial charge on any atom is -0.478 e. The molecule has 0 spiro atoms. The summed E-state index contributed by atoms with van der Waals surface area (Å²) in [7, 11) is 0. The molecule has 2 aromatic carbocycles. The van der Waals surface area contributed by atoms with Gasteiger partial charge in [0, 0.05) is 10.7 Å². The summed E-state index contributed by atoms with van der Waals surface area (Å²) in [6.45, 7) is 0. The van der Waals surface area contributed by atoms with Crippen LogP contribution in [0.4, 0.5) is 10.1 Å². The molecule has 0 saturated carbocycles. The Morgan fingerprint density at radius 2 is 1.90 bits per heavy atom. The number of anilines is 1. The molecule has 0 saturated heterocycles. The molecule has 0 aliphatic heterocycles. The maximum Gasteiger partial charge on any atom is 0.338 e. The van der Waals surface area contributed by atoms with Crippen LogP contribution >= 0.6 is 11.6 Å². The Hall–Kier alpha value is -2.40. The van der Waals surface area contributed by atoms with Crippen LogP contribution in [0.25, 0.3) is 0 Å². The normalized spacial score (nSPS) is 10.2. The van der Waals surface area contributed by atoms with Crippen molar-refractivity contribution in [3.05, 3.63) is 64.4 Å². The van der Waals surface area contributed by atoms with Gasteiger partial charge in [0.25, 0.3) is 0 Å². The van der Waals surface area contributed by atoms with E-state index < -0.39 is 17.3 Å². The molecule has 0 radical (unpaired) electrons. The van der Waals surface area contributed by atoms with Gasteiger partial charge in [-0.1, -0.05) is 29.8 Å². The van der Waals surface area contributed by atoms with Crippen molar-refractivity contribution in [2.24, 2.45) is 0 Å². The highest BCUT2D eigenvalue weighted by Crippen LogP contribution is 2.18. The fraction of sp³-hybridized carbons (Fsp3) is 0.0667. The molecular weight excluding hydrogens is 297 g/mol. The second-order valence-electron chi connectivity index (χ2n) is 4.32. The van der Waals surface area contributed by atoms with Gasteiger partial charge < -0.3 is 10.4 Å². The average Bonchev–Trinajstić information content (AvgIpc) is 2.41. The van der Waals surface area contributed by atoms with E-state index >= 15 is 0 Å². The monoisotopic (exact) mass is 307 g/mol. The number of carboxylic acid groups (broad SMARTS) is 1. The van der Waals surface area contributed by atoms with Gasteiger partial charge in [-0.15, -0.1) is 0 Å². The maximum atomic E-state index is 13.5. The van der Waals surface area contributed by atoms with Crippen molar-refractivity contribution in [3.8, 4) is 0 Å². The molecule has 108 valence electrons. The first kappa shape index (κ1) is 15.0. The number of carbonyl (C=O) groups excluding carboxylic acids is 1. The first-order valence-corrected chi connectivity index (χ1v) is 6.41. The van der Waals surface area contributed by atoms with E-state index in [0.717, 1.165) is 12.1 Å². The lowest BCUT2D eigenvalue weighted by Gasteiger charge is -2.07. The van der Waals surface area contributed by atoms with Gasteiger partial charge in [0.15, 0.2) is 0 Å². The molecule has 21 heavy (non-hydrogen) atoms. The first-order valence-electron chi connectivity index (χ1n) is 6.03. The van der Waals surface area contributed by atoms with Crippen LogP contribution in [-0.4, -0.2) is 17.0 Å². The third-order valence-electron chi connectivity index (χ3n) is 2.79. The summed E-state index contributed by atoms with van der Waals surface area (Å²) in [4.78, 5) is 22.5. The Kier molecular flexibility index (Phi) is 4.55. The van der Waals surface area contributed by atoms with Crippen molar-refractivity contribution in [2.45, 2.75) is 6.42 Å². The topological polar surface area (TPSA) is 66.4 Å². The first-order chi connectivity index (χ1) is 9.97. The smallest absolute Gasteiger partial charge is 0.338 e. The number of carbonyl (C=O) groups is 2. The second kappa shape index (κ2) is 6.37. The van der Waals surface area contributed by atoms with Crippen LogP contribution in [0.15, 0.2) is 42.5 Å². The molecule has 2 aromatic rings. The fourth-order valence-corrected chi connectivity index (χ4v) is 1.99. The molecule has 4 nitrogen and oxygen atoms in total. The van der Waals surface area contributed by atoms with Gasteiger partial charge in [-0.3, -0.25) is 4.79 Å². The molecule has 0 bridgehead atoms. The largest absolute Gasteiger partial charge is 0.478 e. The van der Waals surface area contributed by atoms with E-state index in [-0.39, 0.29) is 18.0 Å². The number of nitrogens with one attached hydrogen (secondary N) is 1. The molecule has 0 aromatic heterocycles. The van der Waals surface area contributed by atoms with Crippen LogP contribution in [0.3, 0.4) is 0 Å². The molecule has 0 heterocycles. The second-order valence-corrected chi connectivity index (χ2v) is 4.72. The predicted octanol–water partition coefficient (Wildman–Crippen LogP) is 3.36. The Morgan fingerprint density at radius 3 is 2.52 bits per heavy atom. The number of halogens is 2. The standard InChI is InChI=1S/C15H11ClFNO3/c16-12-4-2-1-3-9(12)7-14(19)18-10-5-6-11(15(20)21)13(17)8-10/h1-6,8H,7H2,(H,18,19)(H,20,21). The fourth-order valence-electron chi connectivity index (χ4n) is 1.79. The van der Waals surface area contributed by atoms with Gasteiger partial charge in [0.2, 0.25) is 5.91 Å². The van der Waals surface area contributed by atoms with Crippen molar-refractivity contribution in [2.75, 3.05) is 5.32 Å². The zero-order chi connectivity index (χ0) is 15.4. The highest BCUT2D eigenvalue weighted by atomic mass is 35.5. The van der Waals surface area contributed by atoms with E-state index in [4.69, 9.17) is 16.7 Å². The van der Waals surface area contributed by atoms with Crippen LogP contribution in [0.1, 0.15) is 15.9 Å².